The zero-order chi connectivity index (χ0) is 16.8. The molecule has 0 aliphatic heterocycles. The van der Waals surface area contributed by atoms with Crippen LogP contribution in [0.15, 0.2) is 28.8 Å². The number of halogens is 1. The number of nitrogens with zero attached hydrogens (tertiary/aromatic N) is 1. The number of hydrogen-bond donors (Lipinski definition) is 3. The third-order valence-electron chi connectivity index (χ3n) is 3.56. The number of aryl methyl sites for hydroxylation is 2. The van der Waals surface area contributed by atoms with Crippen LogP contribution in [0.25, 0.3) is 0 Å². The SMILES string of the molecule is Cc1noc(C)c1CCNC(=O)NCC(O)c1ccccc1Cl. The van der Waals surface area contributed by atoms with Gasteiger partial charge in [0.2, 0.25) is 0 Å². The lowest BCUT2D eigenvalue weighted by atomic mass is 10.1. The van der Waals surface area contributed by atoms with Crippen LogP contribution in [0, 0.1) is 13.8 Å². The molecule has 0 bridgehead atoms. The van der Waals surface area contributed by atoms with Crippen molar-refractivity contribution < 1.29 is 14.4 Å². The Hall–Kier alpha value is -2.05. The van der Waals surface area contributed by atoms with Crippen LogP contribution in [0.4, 0.5) is 4.79 Å². The van der Waals surface area contributed by atoms with Gasteiger partial charge in [-0.15, -0.1) is 0 Å². The van der Waals surface area contributed by atoms with Gasteiger partial charge in [0.25, 0.3) is 0 Å². The van der Waals surface area contributed by atoms with Crippen molar-refractivity contribution in [1.82, 2.24) is 15.8 Å². The molecule has 2 amide bonds. The van der Waals surface area contributed by atoms with Gasteiger partial charge >= 0.3 is 6.03 Å². The van der Waals surface area contributed by atoms with Crippen LogP contribution in [-0.4, -0.2) is 29.4 Å². The van der Waals surface area contributed by atoms with Crippen LogP contribution in [0.1, 0.15) is 28.7 Å². The highest BCUT2D eigenvalue weighted by Gasteiger charge is 2.13. The molecule has 7 heteroatoms. The summed E-state index contributed by atoms with van der Waals surface area (Å²) in [7, 11) is 0. The molecule has 0 radical (unpaired) electrons. The van der Waals surface area contributed by atoms with E-state index in [1.165, 1.54) is 0 Å². The second-order valence-corrected chi connectivity index (χ2v) is 5.63. The molecule has 1 unspecified atom stereocenters. The lowest BCUT2D eigenvalue weighted by molar-refractivity contribution is 0.173. The predicted octanol–water partition coefficient (Wildman–Crippen LogP) is 2.52. The number of urea groups is 1. The highest BCUT2D eigenvalue weighted by molar-refractivity contribution is 6.31. The van der Waals surface area contributed by atoms with Gasteiger partial charge in [-0.1, -0.05) is 35.0 Å². The fourth-order valence-corrected chi connectivity index (χ4v) is 2.53. The molecule has 2 rings (SSSR count). The third kappa shape index (κ3) is 4.71. The van der Waals surface area contributed by atoms with E-state index >= 15 is 0 Å². The number of aliphatic hydroxyl groups excluding tert-OH is 1. The number of amides is 2. The molecular formula is C16H20ClN3O3. The van der Waals surface area contributed by atoms with E-state index in [9.17, 15) is 9.90 Å². The first-order chi connectivity index (χ1) is 11.0. The molecule has 6 nitrogen and oxygen atoms in total. The van der Waals surface area contributed by atoms with Gasteiger partial charge in [-0.25, -0.2) is 4.79 Å². The van der Waals surface area contributed by atoms with Crippen molar-refractivity contribution in [2.75, 3.05) is 13.1 Å². The fraction of sp³-hybridized carbons (Fsp3) is 0.375. The van der Waals surface area contributed by atoms with Crippen molar-refractivity contribution in [2.45, 2.75) is 26.4 Å². The maximum atomic E-state index is 11.8. The van der Waals surface area contributed by atoms with E-state index < -0.39 is 6.10 Å². The number of hydrogen-bond acceptors (Lipinski definition) is 4. The molecule has 1 aromatic carbocycles. The highest BCUT2D eigenvalue weighted by Crippen LogP contribution is 2.21. The van der Waals surface area contributed by atoms with Gasteiger partial charge in [0.1, 0.15) is 5.76 Å². The Morgan fingerprint density at radius 2 is 2.09 bits per heavy atom. The molecule has 1 atom stereocenters. The molecule has 2 aromatic rings. The Labute approximate surface area is 139 Å². The molecule has 124 valence electrons. The molecular weight excluding hydrogens is 318 g/mol. The summed E-state index contributed by atoms with van der Waals surface area (Å²) in [5.41, 5.74) is 2.42. The lowest BCUT2D eigenvalue weighted by Crippen LogP contribution is -2.38. The average molecular weight is 338 g/mol. The van der Waals surface area contributed by atoms with Gasteiger partial charge in [-0.05, 0) is 26.3 Å². The topological polar surface area (TPSA) is 87.4 Å². The molecule has 0 spiro atoms. The summed E-state index contributed by atoms with van der Waals surface area (Å²) in [6.07, 6.45) is -0.209. The third-order valence-corrected chi connectivity index (χ3v) is 3.91. The maximum Gasteiger partial charge on any atom is 0.314 e. The molecule has 23 heavy (non-hydrogen) atoms. The Morgan fingerprint density at radius 1 is 1.35 bits per heavy atom. The van der Waals surface area contributed by atoms with Gasteiger partial charge < -0.3 is 20.3 Å². The van der Waals surface area contributed by atoms with Crippen molar-refractivity contribution in [2.24, 2.45) is 0 Å². The first-order valence-corrected chi connectivity index (χ1v) is 7.72. The maximum absolute atomic E-state index is 11.8. The van der Waals surface area contributed by atoms with Gasteiger partial charge in [0.15, 0.2) is 0 Å². The molecule has 3 N–H and O–H groups in total. The zero-order valence-electron chi connectivity index (χ0n) is 13.1. The fourth-order valence-electron chi connectivity index (χ4n) is 2.27. The average Bonchev–Trinajstić information content (AvgIpc) is 2.85. The van der Waals surface area contributed by atoms with Crippen LogP contribution in [0.5, 0.6) is 0 Å². The highest BCUT2D eigenvalue weighted by atomic mass is 35.5. The predicted molar refractivity (Wildman–Crippen MR) is 87.5 cm³/mol. The Bertz CT molecular complexity index is 653. The number of carbonyl (C=O) groups is 1. The lowest BCUT2D eigenvalue weighted by Gasteiger charge is -2.14. The summed E-state index contributed by atoms with van der Waals surface area (Å²) in [6, 6.07) is 6.65. The quantitative estimate of drug-likeness (QED) is 0.755. The first-order valence-electron chi connectivity index (χ1n) is 7.35. The molecule has 0 saturated heterocycles. The minimum absolute atomic E-state index is 0.0842. The summed E-state index contributed by atoms with van der Waals surface area (Å²) in [5.74, 6) is 0.763. The zero-order valence-corrected chi connectivity index (χ0v) is 13.9. The smallest absolute Gasteiger partial charge is 0.314 e. The first kappa shape index (κ1) is 17.3. The van der Waals surface area contributed by atoms with E-state index in [1.54, 1.807) is 24.3 Å². The number of aromatic nitrogens is 1. The van der Waals surface area contributed by atoms with Crippen molar-refractivity contribution in [3.63, 3.8) is 0 Å². The summed E-state index contributed by atoms with van der Waals surface area (Å²) in [6.45, 7) is 4.25. The van der Waals surface area contributed by atoms with Crippen molar-refractivity contribution in [1.29, 1.82) is 0 Å². The van der Waals surface area contributed by atoms with E-state index in [2.05, 4.69) is 15.8 Å². The Kier molecular flexibility index (Phi) is 6.01. The standard InChI is InChI=1S/C16H20ClN3O3/c1-10-12(11(2)23-20-10)7-8-18-16(22)19-9-15(21)13-5-3-4-6-14(13)17/h3-6,15,21H,7-9H2,1-2H3,(H2,18,19,22). The Balaban J connectivity index is 1.74. The summed E-state index contributed by atoms with van der Waals surface area (Å²) in [4.78, 5) is 11.8. The van der Waals surface area contributed by atoms with E-state index in [0.29, 0.717) is 23.6 Å². The van der Waals surface area contributed by atoms with E-state index in [1.807, 2.05) is 13.8 Å². The largest absolute Gasteiger partial charge is 0.387 e. The Morgan fingerprint density at radius 3 is 2.74 bits per heavy atom. The van der Waals surface area contributed by atoms with Crippen molar-refractivity contribution in [3.05, 3.63) is 51.9 Å². The van der Waals surface area contributed by atoms with Crippen LogP contribution in [0.3, 0.4) is 0 Å². The molecule has 1 aromatic heterocycles. The van der Waals surface area contributed by atoms with E-state index in [0.717, 1.165) is 17.0 Å². The van der Waals surface area contributed by atoms with Gasteiger partial charge in [-0.2, -0.15) is 0 Å². The van der Waals surface area contributed by atoms with E-state index in [4.69, 9.17) is 16.1 Å². The van der Waals surface area contributed by atoms with Crippen LogP contribution in [-0.2, 0) is 6.42 Å². The van der Waals surface area contributed by atoms with Gasteiger partial charge in [0.05, 0.1) is 11.8 Å². The van der Waals surface area contributed by atoms with E-state index in [-0.39, 0.29) is 12.6 Å². The van der Waals surface area contributed by atoms with Crippen LogP contribution >= 0.6 is 11.6 Å². The van der Waals surface area contributed by atoms with Crippen molar-refractivity contribution in [3.8, 4) is 0 Å². The van der Waals surface area contributed by atoms with Gasteiger partial charge in [-0.3, -0.25) is 0 Å². The summed E-state index contributed by atoms with van der Waals surface area (Å²) < 4.78 is 5.07. The number of carbonyl (C=O) groups excluding carboxylic acids is 1. The molecule has 0 fully saturated rings. The summed E-state index contributed by atoms with van der Waals surface area (Å²) in [5, 5.41) is 19.7. The number of nitrogens with one attached hydrogen (secondary N) is 2. The van der Waals surface area contributed by atoms with Crippen molar-refractivity contribution >= 4 is 17.6 Å². The molecule has 0 aliphatic rings. The molecule has 0 saturated carbocycles. The number of benzene rings is 1. The van der Waals surface area contributed by atoms with Crippen LogP contribution in [0.2, 0.25) is 5.02 Å². The minimum Gasteiger partial charge on any atom is -0.387 e. The molecule has 0 aliphatic carbocycles. The monoisotopic (exact) mass is 337 g/mol. The second-order valence-electron chi connectivity index (χ2n) is 5.23. The van der Waals surface area contributed by atoms with Crippen LogP contribution < -0.4 is 10.6 Å². The number of aliphatic hydroxyl groups is 1. The molecule has 1 heterocycles. The summed E-state index contributed by atoms with van der Waals surface area (Å²) >= 11 is 6.00. The second kappa shape index (κ2) is 7.99. The number of rotatable bonds is 6. The minimum atomic E-state index is -0.850. The van der Waals surface area contributed by atoms with Gasteiger partial charge in [0, 0.05) is 29.2 Å². The normalized spacial score (nSPS) is 12.0.